The van der Waals surface area contributed by atoms with Crippen LogP contribution < -0.4 is 5.32 Å². The molecule has 80 valence electrons. The van der Waals surface area contributed by atoms with Crippen molar-refractivity contribution < 1.29 is 0 Å². The molecule has 0 aromatic carbocycles. The van der Waals surface area contributed by atoms with Crippen molar-refractivity contribution in [3.63, 3.8) is 0 Å². The zero-order valence-electron chi connectivity index (χ0n) is 8.55. The van der Waals surface area contributed by atoms with E-state index in [4.69, 9.17) is 11.6 Å². The summed E-state index contributed by atoms with van der Waals surface area (Å²) in [5, 5.41) is 4.16. The molecule has 1 atom stereocenters. The maximum Gasteiger partial charge on any atom is 0.0931 e. The van der Waals surface area contributed by atoms with Gasteiger partial charge in [0.25, 0.3) is 0 Å². The van der Waals surface area contributed by atoms with E-state index in [0.29, 0.717) is 0 Å². The number of hydrogen-bond acceptors (Lipinski definition) is 3. The molecule has 0 saturated carbocycles. The predicted molar refractivity (Wildman–Crippen MR) is 68.6 cm³/mol. The molecule has 1 rings (SSSR count). The Balaban J connectivity index is 2.10. The van der Waals surface area contributed by atoms with Gasteiger partial charge in [0.15, 0.2) is 0 Å². The maximum atomic E-state index is 5.83. The van der Waals surface area contributed by atoms with Gasteiger partial charge < -0.3 is 5.32 Å². The molecule has 0 radical (unpaired) electrons. The quantitative estimate of drug-likeness (QED) is 0.773. The molecule has 0 spiro atoms. The zero-order valence-corrected chi connectivity index (χ0v) is 10.9. The Bertz CT molecular complexity index is 262. The largest absolute Gasteiger partial charge is 0.312 e. The van der Waals surface area contributed by atoms with Crippen LogP contribution in [0.2, 0.25) is 4.34 Å². The van der Waals surface area contributed by atoms with Crippen molar-refractivity contribution in [3.05, 3.63) is 21.3 Å². The van der Waals surface area contributed by atoms with Crippen molar-refractivity contribution in [1.29, 1.82) is 0 Å². The second kappa shape index (κ2) is 6.72. The highest BCUT2D eigenvalue weighted by Crippen LogP contribution is 2.21. The molecule has 1 aromatic rings. The van der Waals surface area contributed by atoms with Gasteiger partial charge in [0.05, 0.1) is 4.34 Å². The van der Waals surface area contributed by atoms with E-state index >= 15 is 0 Å². The van der Waals surface area contributed by atoms with E-state index in [1.54, 1.807) is 11.3 Å². The van der Waals surface area contributed by atoms with Crippen molar-refractivity contribution in [3.8, 4) is 0 Å². The lowest BCUT2D eigenvalue weighted by molar-refractivity contribution is 0.653. The lowest BCUT2D eigenvalue weighted by atomic mass is 10.3. The molecular weight excluding hydrogens is 234 g/mol. The van der Waals surface area contributed by atoms with Crippen LogP contribution in [0.5, 0.6) is 0 Å². The van der Waals surface area contributed by atoms with Gasteiger partial charge in [0, 0.05) is 16.7 Å². The van der Waals surface area contributed by atoms with Crippen LogP contribution in [0.15, 0.2) is 12.1 Å². The molecule has 0 amide bonds. The Labute approximate surface area is 99.2 Å². The van der Waals surface area contributed by atoms with Gasteiger partial charge in [-0.25, -0.2) is 0 Å². The second-order valence-corrected chi connectivity index (χ2v) is 6.29. The first kappa shape index (κ1) is 12.4. The molecule has 4 heteroatoms. The Morgan fingerprint density at radius 3 is 2.93 bits per heavy atom. The SMILES string of the molecule is CSC(C)CCNCc1ccc(Cl)s1. The molecule has 0 saturated heterocycles. The van der Waals surface area contributed by atoms with E-state index in [2.05, 4.69) is 24.6 Å². The van der Waals surface area contributed by atoms with E-state index < -0.39 is 0 Å². The minimum atomic E-state index is 0.745. The summed E-state index contributed by atoms with van der Waals surface area (Å²) in [4.78, 5) is 1.31. The maximum absolute atomic E-state index is 5.83. The summed E-state index contributed by atoms with van der Waals surface area (Å²) in [6.07, 6.45) is 3.38. The lowest BCUT2D eigenvalue weighted by Crippen LogP contribution is -2.16. The van der Waals surface area contributed by atoms with Gasteiger partial charge in [0.2, 0.25) is 0 Å². The first-order chi connectivity index (χ1) is 6.72. The average Bonchev–Trinajstić information content (AvgIpc) is 2.58. The fourth-order valence-electron chi connectivity index (χ4n) is 1.08. The Morgan fingerprint density at radius 1 is 1.57 bits per heavy atom. The van der Waals surface area contributed by atoms with Crippen molar-refractivity contribution in [2.24, 2.45) is 0 Å². The van der Waals surface area contributed by atoms with Gasteiger partial charge in [-0.3, -0.25) is 0 Å². The van der Waals surface area contributed by atoms with E-state index in [1.807, 2.05) is 17.8 Å². The number of hydrogen-bond donors (Lipinski definition) is 1. The van der Waals surface area contributed by atoms with Gasteiger partial charge in [-0.2, -0.15) is 11.8 Å². The number of thioether (sulfide) groups is 1. The summed E-state index contributed by atoms with van der Waals surface area (Å²) in [6, 6.07) is 4.03. The molecular formula is C10H16ClNS2. The van der Waals surface area contributed by atoms with Gasteiger partial charge in [-0.1, -0.05) is 18.5 Å². The Kier molecular flexibility index (Phi) is 5.94. The van der Waals surface area contributed by atoms with E-state index in [9.17, 15) is 0 Å². The smallest absolute Gasteiger partial charge is 0.0931 e. The third-order valence-corrected chi connectivity index (χ3v) is 4.33. The van der Waals surface area contributed by atoms with Gasteiger partial charge >= 0.3 is 0 Å². The van der Waals surface area contributed by atoms with Crippen LogP contribution in [0.3, 0.4) is 0 Å². The standard InChI is InChI=1S/C10H16ClNS2/c1-8(13-2)5-6-12-7-9-3-4-10(11)14-9/h3-4,8,12H,5-7H2,1-2H3. The van der Waals surface area contributed by atoms with E-state index in [0.717, 1.165) is 22.7 Å². The lowest BCUT2D eigenvalue weighted by Gasteiger charge is -2.07. The minimum absolute atomic E-state index is 0.745. The normalized spacial score (nSPS) is 13.1. The first-order valence-electron chi connectivity index (χ1n) is 4.70. The van der Waals surface area contributed by atoms with Crippen LogP contribution in [0.4, 0.5) is 0 Å². The third kappa shape index (κ3) is 4.69. The highest BCUT2D eigenvalue weighted by Gasteiger charge is 1.99. The van der Waals surface area contributed by atoms with Crippen LogP contribution in [0.25, 0.3) is 0 Å². The molecule has 1 N–H and O–H groups in total. The monoisotopic (exact) mass is 249 g/mol. The molecule has 0 aliphatic rings. The van der Waals surface area contributed by atoms with Crippen molar-refractivity contribution >= 4 is 34.7 Å². The average molecular weight is 250 g/mol. The van der Waals surface area contributed by atoms with Crippen LogP contribution in [0.1, 0.15) is 18.2 Å². The molecule has 0 bridgehead atoms. The molecule has 1 heterocycles. The topological polar surface area (TPSA) is 12.0 Å². The minimum Gasteiger partial charge on any atom is -0.312 e. The van der Waals surface area contributed by atoms with Gasteiger partial charge in [0.1, 0.15) is 0 Å². The first-order valence-corrected chi connectivity index (χ1v) is 7.18. The highest BCUT2D eigenvalue weighted by molar-refractivity contribution is 7.99. The highest BCUT2D eigenvalue weighted by atomic mass is 35.5. The fourth-order valence-corrected chi connectivity index (χ4v) is 2.49. The fraction of sp³-hybridized carbons (Fsp3) is 0.600. The molecule has 14 heavy (non-hydrogen) atoms. The molecule has 0 fully saturated rings. The predicted octanol–water partition coefficient (Wildman–Crippen LogP) is 3.63. The second-order valence-electron chi connectivity index (χ2n) is 3.22. The van der Waals surface area contributed by atoms with E-state index in [-0.39, 0.29) is 0 Å². The van der Waals surface area contributed by atoms with Crippen molar-refractivity contribution in [1.82, 2.24) is 5.32 Å². The van der Waals surface area contributed by atoms with Crippen molar-refractivity contribution in [2.45, 2.75) is 25.1 Å². The van der Waals surface area contributed by atoms with Crippen LogP contribution in [-0.4, -0.2) is 18.1 Å². The summed E-state index contributed by atoms with van der Waals surface area (Å²) in [7, 11) is 0. The number of rotatable bonds is 6. The van der Waals surface area contributed by atoms with E-state index in [1.165, 1.54) is 11.3 Å². The summed E-state index contributed by atoms with van der Waals surface area (Å²) in [6.45, 7) is 4.28. The van der Waals surface area contributed by atoms with Crippen LogP contribution in [-0.2, 0) is 6.54 Å². The summed E-state index contributed by atoms with van der Waals surface area (Å²) in [5.41, 5.74) is 0. The van der Waals surface area contributed by atoms with Crippen molar-refractivity contribution in [2.75, 3.05) is 12.8 Å². The van der Waals surface area contributed by atoms with Gasteiger partial charge in [-0.05, 0) is 31.4 Å². The summed E-state index contributed by atoms with van der Waals surface area (Å²) in [5.74, 6) is 0. The van der Waals surface area contributed by atoms with Gasteiger partial charge in [-0.15, -0.1) is 11.3 Å². The number of nitrogens with one attached hydrogen (secondary N) is 1. The summed E-state index contributed by atoms with van der Waals surface area (Å²) < 4.78 is 0.874. The molecule has 1 unspecified atom stereocenters. The molecule has 1 nitrogen and oxygen atoms in total. The number of thiophene rings is 1. The third-order valence-electron chi connectivity index (χ3n) is 2.06. The molecule has 1 aromatic heterocycles. The Hall–Kier alpha value is 0.300. The zero-order chi connectivity index (χ0) is 10.4. The van der Waals surface area contributed by atoms with Crippen LogP contribution in [0, 0.1) is 0 Å². The molecule has 0 aliphatic heterocycles. The molecule has 0 aliphatic carbocycles. The number of halogens is 1. The summed E-state index contributed by atoms with van der Waals surface area (Å²) >= 11 is 9.40. The Morgan fingerprint density at radius 2 is 2.36 bits per heavy atom. The van der Waals surface area contributed by atoms with Crippen LogP contribution >= 0.6 is 34.7 Å².